The summed E-state index contributed by atoms with van der Waals surface area (Å²) >= 11 is 1.53. The first-order valence-electron chi connectivity index (χ1n) is 10.0. The van der Waals surface area contributed by atoms with Crippen LogP contribution in [0.15, 0.2) is 23.0 Å². The summed E-state index contributed by atoms with van der Waals surface area (Å²) in [5, 5.41) is 3.65. The van der Waals surface area contributed by atoms with E-state index in [1.54, 1.807) is 0 Å². The zero-order valence-corrected chi connectivity index (χ0v) is 17.9. The van der Waals surface area contributed by atoms with Gasteiger partial charge in [0.1, 0.15) is 10.7 Å². The molecule has 152 valence electrons. The fourth-order valence-electron chi connectivity index (χ4n) is 3.89. The zero-order valence-electron chi connectivity index (χ0n) is 17.1. The van der Waals surface area contributed by atoms with Crippen molar-refractivity contribution >= 4 is 33.1 Å². The third kappa shape index (κ3) is 4.05. The molecule has 0 aliphatic carbocycles. The van der Waals surface area contributed by atoms with Crippen LogP contribution in [-0.2, 0) is 24.2 Å². The lowest BCUT2D eigenvalue weighted by Crippen LogP contribution is -2.26. The van der Waals surface area contributed by atoms with Gasteiger partial charge in [-0.2, -0.15) is 0 Å². The fraction of sp³-hybridized carbons (Fsp3) is 0.409. The molecule has 2 aromatic heterocycles. The average Bonchev–Trinajstić information content (AvgIpc) is 2.99. The summed E-state index contributed by atoms with van der Waals surface area (Å²) in [6.07, 6.45) is 2.97. The Labute approximate surface area is 174 Å². The summed E-state index contributed by atoms with van der Waals surface area (Å²) < 4.78 is 0. The van der Waals surface area contributed by atoms with Gasteiger partial charge in [0.25, 0.3) is 5.56 Å². The molecule has 7 heteroatoms. The standard InChI is InChI=1S/C22H26N4O2S/c1-13-14(2)29-22-20(13)21(28)24-18(25-22)8-9-19(27)23-12-15-6-7-17-16(11-15)5-4-10-26(17)3/h6-7,11H,4-5,8-10,12H2,1-3H3,(H,23,27)(H,24,25,28). The Balaban J connectivity index is 1.36. The van der Waals surface area contributed by atoms with Crippen molar-refractivity contribution in [2.45, 2.75) is 46.1 Å². The van der Waals surface area contributed by atoms with Crippen molar-refractivity contribution in [1.29, 1.82) is 0 Å². The number of carbonyl (C=O) groups is 1. The van der Waals surface area contributed by atoms with E-state index in [0.29, 0.717) is 30.6 Å². The molecule has 0 atom stereocenters. The van der Waals surface area contributed by atoms with E-state index in [9.17, 15) is 9.59 Å². The van der Waals surface area contributed by atoms with E-state index in [-0.39, 0.29) is 11.5 Å². The fourth-order valence-corrected chi connectivity index (χ4v) is 4.94. The number of anilines is 1. The van der Waals surface area contributed by atoms with Gasteiger partial charge in [-0.25, -0.2) is 4.98 Å². The van der Waals surface area contributed by atoms with Crippen molar-refractivity contribution in [2.24, 2.45) is 0 Å². The lowest BCUT2D eigenvalue weighted by Gasteiger charge is -2.27. The highest BCUT2D eigenvalue weighted by atomic mass is 32.1. The van der Waals surface area contributed by atoms with E-state index >= 15 is 0 Å². The Bertz CT molecular complexity index is 1130. The van der Waals surface area contributed by atoms with E-state index in [0.717, 1.165) is 40.2 Å². The lowest BCUT2D eigenvalue weighted by atomic mass is 9.99. The number of aromatic nitrogens is 2. The summed E-state index contributed by atoms with van der Waals surface area (Å²) in [6.45, 7) is 5.54. The smallest absolute Gasteiger partial charge is 0.259 e. The molecule has 1 aromatic carbocycles. The highest BCUT2D eigenvalue weighted by Gasteiger charge is 2.15. The summed E-state index contributed by atoms with van der Waals surface area (Å²) in [4.78, 5) is 36.1. The van der Waals surface area contributed by atoms with Gasteiger partial charge in [-0.05, 0) is 49.4 Å². The quantitative estimate of drug-likeness (QED) is 0.677. The third-order valence-electron chi connectivity index (χ3n) is 5.66. The Kier molecular flexibility index (Phi) is 5.41. The summed E-state index contributed by atoms with van der Waals surface area (Å²) in [6, 6.07) is 6.42. The first kappa shape index (κ1) is 19.6. The molecule has 6 nitrogen and oxygen atoms in total. The van der Waals surface area contributed by atoms with Crippen LogP contribution in [0.1, 0.15) is 40.2 Å². The van der Waals surface area contributed by atoms with Gasteiger partial charge in [0, 0.05) is 43.5 Å². The van der Waals surface area contributed by atoms with Crippen molar-refractivity contribution < 1.29 is 4.79 Å². The van der Waals surface area contributed by atoms with Gasteiger partial charge in [0.2, 0.25) is 5.91 Å². The molecule has 29 heavy (non-hydrogen) atoms. The number of H-pyrrole nitrogens is 1. The van der Waals surface area contributed by atoms with Crippen LogP contribution < -0.4 is 15.8 Å². The van der Waals surface area contributed by atoms with Crippen molar-refractivity contribution in [3.05, 3.63) is 55.9 Å². The minimum Gasteiger partial charge on any atom is -0.374 e. The van der Waals surface area contributed by atoms with Crippen LogP contribution in [0.4, 0.5) is 5.69 Å². The van der Waals surface area contributed by atoms with Gasteiger partial charge in [-0.3, -0.25) is 9.59 Å². The predicted molar refractivity (Wildman–Crippen MR) is 118 cm³/mol. The normalized spacial score (nSPS) is 13.6. The maximum atomic E-state index is 12.3. The number of aromatic amines is 1. The predicted octanol–water partition coefficient (Wildman–Crippen LogP) is 3.23. The van der Waals surface area contributed by atoms with Gasteiger partial charge < -0.3 is 15.2 Å². The SMILES string of the molecule is Cc1sc2nc(CCC(=O)NCc3ccc4c(c3)CCCN4C)[nH]c(=O)c2c1C. The maximum absolute atomic E-state index is 12.3. The molecule has 0 saturated carbocycles. The minimum atomic E-state index is -0.119. The van der Waals surface area contributed by atoms with Crippen LogP contribution in [0, 0.1) is 13.8 Å². The molecule has 1 amide bonds. The molecule has 4 rings (SSSR count). The van der Waals surface area contributed by atoms with Crippen molar-refractivity contribution in [1.82, 2.24) is 15.3 Å². The molecule has 0 fully saturated rings. The first-order valence-corrected chi connectivity index (χ1v) is 10.8. The molecule has 2 N–H and O–H groups in total. The van der Waals surface area contributed by atoms with Crippen molar-refractivity contribution in [2.75, 3.05) is 18.5 Å². The second-order valence-electron chi connectivity index (χ2n) is 7.74. The summed E-state index contributed by atoms with van der Waals surface area (Å²) in [5.74, 6) is 0.525. The highest BCUT2D eigenvalue weighted by Crippen LogP contribution is 2.27. The second-order valence-corrected chi connectivity index (χ2v) is 8.94. The van der Waals surface area contributed by atoms with E-state index < -0.39 is 0 Å². The Morgan fingerprint density at radius 2 is 2.17 bits per heavy atom. The van der Waals surface area contributed by atoms with Crippen molar-refractivity contribution in [3.63, 3.8) is 0 Å². The number of hydrogen-bond donors (Lipinski definition) is 2. The van der Waals surface area contributed by atoms with Crippen LogP contribution in [-0.4, -0.2) is 29.5 Å². The Morgan fingerprint density at radius 1 is 1.34 bits per heavy atom. The van der Waals surface area contributed by atoms with Crippen LogP contribution in [0.25, 0.3) is 10.2 Å². The van der Waals surface area contributed by atoms with Crippen LogP contribution in [0.5, 0.6) is 0 Å². The minimum absolute atomic E-state index is 0.0406. The molecule has 0 radical (unpaired) electrons. The van der Waals surface area contributed by atoms with E-state index in [4.69, 9.17) is 0 Å². The summed E-state index contributed by atoms with van der Waals surface area (Å²) in [7, 11) is 2.12. The number of hydrogen-bond acceptors (Lipinski definition) is 5. The first-order chi connectivity index (χ1) is 13.9. The Hall–Kier alpha value is -2.67. The van der Waals surface area contributed by atoms with Gasteiger partial charge in [-0.15, -0.1) is 11.3 Å². The van der Waals surface area contributed by atoms with Gasteiger partial charge in [-0.1, -0.05) is 12.1 Å². The van der Waals surface area contributed by atoms with E-state index in [1.165, 1.54) is 22.6 Å². The molecule has 1 aliphatic heterocycles. The maximum Gasteiger partial charge on any atom is 0.259 e. The molecular formula is C22H26N4O2S. The average molecular weight is 411 g/mol. The largest absolute Gasteiger partial charge is 0.374 e. The molecule has 0 bridgehead atoms. The number of thiophene rings is 1. The zero-order chi connectivity index (χ0) is 20.5. The molecule has 3 heterocycles. The second kappa shape index (κ2) is 7.99. The van der Waals surface area contributed by atoms with E-state index in [1.807, 2.05) is 13.8 Å². The number of amides is 1. The van der Waals surface area contributed by atoms with Crippen LogP contribution in [0.3, 0.4) is 0 Å². The van der Waals surface area contributed by atoms with Crippen LogP contribution >= 0.6 is 11.3 Å². The summed E-state index contributed by atoms with van der Waals surface area (Å²) in [5.41, 5.74) is 4.62. The number of nitrogens with one attached hydrogen (secondary N) is 2. The van der Waals surface area contributed by atoms with E-state index in [2.05, 4.69) is 45.4 Å². The van der Waals surface area contributed by atoms with Gasteiger partial charge in [0.15, 0.2) is 0 Å². The molecule has 3 aromatic rings. The van der Waals surface area contributed by atoms with Crippen molar-refractivity contribution in [3.8, 4) is 0 Å². The number of fused-ring (bicyclic) bond motifs is 2. The molecule has 0 spiro atoms. The monoisotopic (exact) mass is 410 g/mol. The molecule has 0 saturated heterocycles. The number of benzene rings is 1. The lowest BCUT2D eigenvalue weighted by molar-refractivity contribution is -0.121. The number of aryl methyl sites for hydroxylation is 4. The van der Waals surface area contributed by atoms with Gasteiger partial charge >= 0.3 is 0 Å². The number of nitrogens with zero attached hydrogens (tertiary/aromatic N) is 2. The highest BCUT2D eigenvalue weighted by molar-refractivity contribution is 7.18. The van der Waals surface area contributed by atoms with Gasteiger partial charge in [0.05, 0.1) is 5.39 Å². The third-order valence-corrected chi connectivity index (χ3v) is 6.76. The molecular weight excluding hydrogens is 384 g/mol. The molecule has 1 aliphatic rings. The topological polar surface area (TPSA) is 78.1 Å². The Morgan fingerprint density at radius 3 is 3.00 bits per heavy atom. The number of rotatable bonds is 5. The number of carbonyl (C=O) groups excluding carboxylic acids is 1. The van der Waals surface area contributed by atoms with Crippen LogP contribution in [0.2, 0.25) is 0 Å². The molecule has 0 unspecified atom stereocenters.